The second-order valence-corrected chi connectivity index (χ2v) is 3.77. The van der Waals surface area contributed by atoms with Crippen LogP contribution in [0, 0.1) is 0 Å². The number of benzene rings is 1. The summed E-state index contributed by atoms with van der Waals surface area (Å²) in [6, 6.07) is 6.83. The van der Waals surface area contributed by atoms with Crippen molar-refractivity contribution in [1.82, 2.24) is 0 Å². The van der Waals surface area contributed by atoms with Crippen LogP contribution in [0.2, 0.25) is 0 Å². The Labute approximate surface area is 99.1 Å². The molecule has 0 spiro atoms. The first kappa shape index (κ1) is 13.2. The van der Waals surface area contributed by atoms with Crippen LogP contribution in [-0.4, -0.2) is 34.6 Å². The van der Waals surface area contributed by atoms with E-state index in [1.807, 2.05) is 0 Å². The Morgan fingerprint density at radius 2 is 2.12 bits per heavy atom. The number of hydrogen-bond donors (Lipinski definition) is 3. The van der Waals surface area contributed by atoms with Crippen LogP contribution in [0.3, 0.4) is 0 Å². The van der Waals surface area contributed by atoms with Gasteiger partial charge in [-0.15, -0.1) is 0 Å². The van der Waals surface area contributed by atoms with E-state index in [0.29, 0.717) is 11.3 Å². The Bertz CT molecular complexity index is 417. The lowest BCUT2D eigenvalue weighted by molar-refractivity contribution is -0.138. The lowest BCUT2D eigenvalue weighted by atomic mass is 10.1. The van der Waals surface area contributed by atoms with E-state index in [-0.39, 0.29) is 18.7 Å². The lowest BCUT2D eigenvalue weighted by Crippen LogP contribution is -2.22. The molecular weight excluding hydrogens is 222 g/mol. The number of carbonyl (C=O) groups excluding carboxylic acids is 1. The number of aliphatic carboxylic acids is 1. The maximum atomic E-state index is 11.1. The van der Waals surface area contributed by atoms with Gasteiger partial charge in [-0.05, 0) is 19.1 Å². The van der Waals surface area contributed by atoms with Gasteiger partial charge in [0.1, 0.15) is 0 Å². The molecule has 0 aliphatic heterocycles. The van der Waals surface area contributed by atoms with Crippen molar-refractivity contribution in [1.29, 1.82) is 0 Å². The zero-order valence-electron chi connectivity index (χ0n) is 9.51. The monoisotopic (exact) mass is 237 g/mol. The Morgan fingerprint density at radius 3 is 2.71 bits per heavy atom. The van der Waals surface area contributed by atoms with Gasteiger partial charge in [0.15, 0.2) is 5.78 Å². The van der Waals surface area contributed by atoms with E-state index in [4.69, 9.17) is 5.11 Å². The highest BCUT2D eigenvalue weighted by atomic mass is 16.4. The fourth-order valence-electron chi connectivity index (χ4n) is 1.36. The molecule has 0 fully saturated rings. The number of carbonyl (C=O) groups is 2. The van der Waals surface area contributed by atoms with Crippen LogP contribution in [0.5, 0.6) is 0 Å². The van der Waals surface area contributed by atoms with Crippen LogP contribution >= 0.6 is 0 Å². The van der Waals surface area contributed by atoms with Gasteiger partial charge in [0.05, 0.1) is 12.5 Å². The molecule has 92 valence electrons. The summed E-state index contributed by atoms with van der Waals surface area (Å²) in [4.78, 5) is 21.5. The number of rotatable bonds is 6. The third-order valence-corrected chi connectivity index (χ3v) is 2.22. The summed E-state index contributed by atoms with van der Waals surface area (Å²) in [5.74, 6) is -1.09. The molecule has 0 aromatic heterocycles. The third kappa shape index (κ3) is 4.65. The fraction of sp³-hybridized carbons (Fsp3) is 0.333. The minimum absolute atomic E-state index is 0.0419. The van der Waals surface area contributed by atoms with Gasteiger partial charge in [-0.3, -0.25) is 9.59 Å². The number of Topliss-reactive ketones (excluding diaryl/α,β-unsaturated/α-hetero) is 1. The topological polar surface area (TPSA) is 86.6 Å². The molecule has 5 nitrogen and oxygen atoms in total. The van der Waals surface area contributed by atoms with Crippen molar-refractivity contribution >= 4 is 17.4 Å². The number of aliphatic hydroxyl groups excluding tert-OH is 1. The Balaban J connectivity index is 2.54. The molecule has 0 amide bonds. The molecule has 1 aromatic carbocycles. The number of carboxylic acid groups (broad SMARTS) is 1. The van der Waals surface area contributed by atoms with E-state index in [0.717, 1.165) is 0 Å². The number of nitrogens with one attached hydrogen (secondary N) is 1. The smallest absolute Gasteiger partial charge is 0.306 e. The van der Waals surface area contributed by atoms with Crippen molar-refractivity contribution in [2.75, 3.05) is 11.9 Å². The molecule has 5 heteroatoms. The zero-order valence-corrected chi connectivity index (χ0v) is 9.51. The van der Waals surface area contributed by atoms with Crippen LogP contribution < -0.4 is 5.32 Å². The van der Waals surface area contributed by atoms with Gasteiger partial charge in [-0.25, -0.2) is 0 Å². The lowest BCUT2D eigenvalue weighted by Gasteiger charge is -2.11. The average molecular weight is 237 g/mol. The Morgan fingerprint density at radius 1 is 1.41 bits per heavy atom. The molecule has 0 aliphatic rings. The average Bonchev–Trinajstić information content (AvgIpc) is 2.26. The molecule has 1 rings (SSSR count). The van der Waals surface area contributed by atoms with Crippen LogP contribution in [0.25, 0.3) is 0 Å². The summed E-state index contributed by atoms with van der Waals surface area (Å²) >= 11 is 0. The van der Waals surface area contributed by atoms with Crippen molar-refractivity contribution in [3.05, 3.63) is 29.8 Å². The zero-order chi connectivity index (χ0) is 12.8. The number of anilines is 1. The second kappa shape index (κ2) is 6.00. The summed E-state index contributed by atoms with van der Waals surface area (Å²) in [5.41, 5.74) is 1.25. The molecule has 1 atom stereocenters. The second-order valence-electron chi connectivity index (χ2n) is 3.77. The summed E-state index contributed by atoms with van der Waals surface area (Å²) in [6.45, 7) is 1.60. The first-order chi connectivity index (χ1) is 7.99. The number of hydrogen-bond acceptors (Lipinski definition) is 4. The van der Waals surface area contributed by atoms with Crippen LogP contribution in [-0.2, 0) is 4.79 Å². The fourth-order valence-corrected chi connectivity index (χ4v) is 1.36. The molecule has 0 bridgehead atoms. The van der Waals surface area contributed by atoms with Gasteiger partial charge >= 0.3 is 5.97 Å². The molecule has 0 aliphatic carbocycles. The predicted octanol–water partition coefficient (Wildman–Crippen LogP) is 1.14. The Kier molecular flexibility index (Phi) is 4.66. The van der Waals surface area contributed by atoms with Gasteiger partial charge in [-0.2, -0.15) is 0 Å². The first-order valence-corrected chi connectivity index (χ1v) is 5.24. The van der Waals surface area contributed by atoms with Crippen molar-refractivity contribution in [2.24, 2.45) is 0 Å². The molecule has 1 unspecified atom stereocenters. The van der Waals surface area contributed by atoms with E-state index in [2.05, 4.69) is 5.32 Å². The van der Waals surface area contributed by atoms with Gasteiger partial charge < -0.3 is 15.5 Å². The number of aliphatic hydroxyl groups is 1. The van der Waals surface area contributed by atoms with Crippen LogP contribution in [0.1, 0.15) is 23.7 Å². The van der Waals surface area contributed by atoms with Crippen LogP contribution in [0.15, 0.2) is 24.3 Å². The largest absolute Gasteiger partial charge is 0.481 e. The molecule has 0 heterocycles. The van der Waals surface area contributed by atoms with Gasteiger partial charge in [0.2, 0.25) is 0 Å². The van der Waals surface area contributed by atoms with Crippen molar-refractivity contribution in [3.63, 3.8) is 0 Å². The summed E-state index contributed by atoms with van der Waals surface area (Å²) in [6.07, 6.45) is -1.26. The SMILES string of the molecule is CC(=O)c1cccc(NCC(O)CC(=O)O)c1. The maximum Gasteiger partial charge on any atom is 0.306 e. The van der Waals surface area contributed by atoms with Gasteiger partial charge in [0.25, 0.3) is 0 Å². The van der Waals surface area contributed by atoms with E-state index in [1.165, 1.54) is 6.92 Å². The van der Waals surface area contributed by atoms with E-state index < -0.39 is 12.1 Å². The minimum Gasteiger partial charge on any atom is -0.481 e. The molecular formula is C12H15NO4. The summed E-state index contributed by atoms with van der Waals surface area (Å²) in [5, 5.41) is 20.7. The molecule has 17 heavy (non-hydrogen) atoms. The van der Waals surface area contributed by atoms with Gasteiger partial charge in [0, 0.05) is 17.8 Å². The highest BCUT2D eigenvalue weighted by Crippen LogP contribution is 2.11. The Hall–Kier alpha value is -1.88. The molecule has 3 N–H and O–H groups in total. The summed E-state index contributed by atoms with van der Waals surface area (Å²) < 4.78 is 0. The molecule has 0 saturated carbocycles. The minimum atomic E-state index is -1.04. The van der Waals surface area contributed by atoms with Crippen molar-refractivity contribution in [2.45, 2.75) is 19.4 Å². The van der Waals surface area contributed by atoms with Gasteiger partial charge in [-0.1, -0.05) is 12.1 Å². The quantitative estimate of drug-likeness (QED) is 0.646. The summed E-state index contributed by atoms with van der Waals surface area (Å²) in [7, 11) is 0. The maximum absolute atomic E-state index is 11.1. The predicted molar refractivity (Wildman–Crippen MR) is 63.2 cm³/mol. The molecule has 1 aromatic rings. The third-order valence-electron chi connectivity index (χ3n) is 2.22. The standard InChI is InChI=1S/C12H15NO4/c1-8(14)9-3-2-4-10(5-9)13-7-11(15)6-12(16)17/h2-5,11,13,15H,6-7H2,1H3,(H,16,17). The van der Waals surface area contributed by atoms with Crippen molar-refractivity contribution in [3.8, 4) is 0 Å². The molecule has 0 radical (unpaired) electrons. The van der Waals surface area contributed by atoms with Crippen LogP contribution in [0.4, 0.5) is 5.69 Å². The highest BCUT2D eigenvalue weighted by molar-refractivity contribution is 5.94. The molecule has 0 saturated heterocycles. The van der Waals surface area contributed by atoms with E-state index >= 15 is 0 Å². The highest BCUT2D eigenvalue weighted by Gasteiger charge is 2.09. The van der Waals surface area contributed by atoms with E-state index in [1.54, 1.807) is 24.3 Å². The first-order valence-electron chi connectivity index (χ1n) is 5.24. The van der Waals surface area contributed by atoms with E-state index in [9.17, 15) is 14.7 Å². The van der Waals surface area contributed by atoms with Crippen molar-refractivity contribution < 1.29 is 19.8 Å². The number of ketones is 1. The number of carboxylic acids is 1. The normalized spacial score (nSPS) is 11.9.